The van der Waals surface area contributed by atoms with Crippen LogP contribution in [0.5, 0.6) is 11.6 Å². The van der Waals surface area contributed by atoms with Crippen LogP contribution in [0, 0.1) is 0 Å². The standard InChI is InChI=1S/C18H19N3O4S/c1-3-12-5-10-16-15(11-12)17(18(22)19-16)20-21-26(23,24)14-8-6-13(7-9-14)25-4-2/h5-11,19,22H,3-4H2,1-2H3. The molecule has 3 rings (SSSR count). The smallest absolute Gasteiger partial charge is 0.299 e. The van der Waals surface area contributed by atoms with Gasteiger partial charge in [-0.25, -0.2) is 0 Å². The number of sulfonamides is 1. The first-order valence-electron chi connectivity index (χ1n) is 8.19. The highest BCUT2D eigenvalue weighted by Crippen LogP contribution is 2.36. The average Bonchev–Trinajstić information content (AvgIpc) is 2.95. The van der Waals surface area contributed by atoms with Crippen LogP contribution in [-0.2, 0) is 16.4 Å². The molecule has 7 nitrogen and oxygen atoms in total. The number of aromatic nitrogens is 1. The number of fused-ring (bicyclic) bond motifs is 1. The Labute approximate surface area is 151 Å². The zero-order valence-electron chi connectivity index (χ0n) is 14.4. The van der Waals surface area contributed by atoms with Gasteiger partial charge < -0.3 is 14.8 Å². The summed E-state index contributed by atoms with van der Waals surface area (Å²) in [5.41, 5.74) is 1.80. The Morgan fingerprint density at radius 1 is 1.12 bits per heavy atom. The molecule has 0 aliphatic carbocycles. The maximum absolute atomic E-state index is 12.4. The van der Waals surface area contributed by atoms with Crippen LogP contribution >= 0.6 is 0 Å². The van der Waals surface area contributed by atoms with E-state index in [-0.39, 0.29) is 16.5 Å². The van der Waals surface area contributed by atoms with Crippen molar-refractivity contribution in [2.24, 2.45) is 9.63 Å². The van der Waals surface area contributed by atoms with Crippen LogP contribution in [0.1, 0.15) is 19.4 Å². The number of aromatic amines is 1. The van der Waals surface area contributed by atoms with Crippen molar-refractivity contribution in [1.29, 1.82) is 0 Å². The molecule has 0 bridgehead atoms. The number of rotatable bonds is 6. The van der Waals surface area contributed by atoms with E-state index in [0.29, 0.717) is 23.3 Å². The Kier molecular flexibility index (Phi) is 4.94. The van der Waals surface area contributed by atoms with Gasteiger partial charge in [-0.05, 0) is 55.3 Å². The summed E-state index contributed by atoms with van der Waals surface area (Å²) in [6, 6.07) is 11.5. The molecule has 0 amide bonds. The molecule has 1 aromatic heterocycles. The topological polar surface area (TPSA) is 104 Å². The highest BCUT2D eigenvalue weighted by molar-refractivity contribution is 7.90. The van der Waals surface area contributed by atoms with Gasteiger partial charge in [-0.1, -0.05) is 17.5 Å². The lowest BCUT2D eigenvalue weighted by atomic mass is 10.1. The molecule has 0 unspecified atom stereocenters. The van der Waals surface area contributed by atoms with Gasteiger partial charge in [-0.15, -0.1) is 5.11 Å². The number of H-pyrrole nitrogens is 1. The number of hydrogen-bond acceptors (Lipinski definition) is 5. The molecular formula is C18H19N3O4S. The number of ether oxygens (including phenoxy) is 1. The van der Waals surface area contributed by atoms with Crippen LogP contribution in [0.4, 0.5) is 5.69 Å². The molecule has 0 saturated heterocycles. The molecule has 0 spiro atoms. The Hall–Kier alpha value is -2.87. The van der Waals surface area contributed by atoms with Crippen molar-refractivity contribution in [2.75, 3.05) is 6.61 Å². The van der Waals surface area contributed by atoms with Crippen molar-refractivity contribution in [1.82, 2.24) is 4.98 Å². The summed E-state index contributed by atoms with van der Waals surface area (Å²) >= 11 is 0. The molecule has 3 aromatic rings. The Balaban J connectivity index is 1.95. The normalized spacial score (nSPS) is 12.1. The van der Waals surface area contributed by atoms with Gasteiger partial charge >= 0.3 is 0 Å². The van der Waals surface area contributed by atoms with Crippen molar-refractivity contribution in [3.05, 3.63) is 48.0 Å². The predicted octanol–water partition coefficient (Wildman–Crippen LogP) is 4.31. The lowest BCUT2D eigenvalue weighted by Crippen LogP contribution is -1.96. The summed E-state index contributed by atoms with van der Waals surface area (Å²) in [6.07, 6.45) is 0.808. The van der Waals surface area contributed by atoms with Crippen molar-refractivity contribution in [2.45, 2.75) is 25.2 Å². The minimum atomic E-state index is -3.99. The monoisotopic (exact) mass is 373 g/mol. The van der Waals surface area contributed by atoms with Crippen molar-refractivity contribution < 1.29 is 18.3 Å². The third-order valence-corrected chi connectivity index (χ3v) is 5.07. The fourth-order valence-corrected chi connectivity index (χ4v) is 3.31. The van der Waals surface area contributed by atoms with Gasteiger partial charge in [0.05, 0.1) is 17.0 Å². The predicted molar refractivity (Wildman–Crippen MR) is 98.7 cm³/mol. The van der Waals surface area contributed by atoms with Crippen LogP contribution in [0.25, 0.3) is 10.9 Å². The summed E-state index contributed by atoms with van der Waals surface area (Å²) in [7, 11) is -3.99. The van der Waals surface area contributed by atoms with E-state index < -0.39 is 10.0 Å². The van der Waals surface area contributed by atoms with Crippen LogP contribution in [0.15, 0.2) is 57.0 Å². The molecule has 0 aliphatic heterocycles. The van der Waals surface area contributed by atoms with E-state index in [1.54, 1.807) is 12.1 Å². The number of nitrogens with one attached hydrogen (secondary N) is 1. The second-order valence-electron chi connectivity index (χ2n) is 5.62. The van der Waals surface area contributed by atoms with E-state index in [1.165, 1.54) is 12.1 Å². The van der Waals surface area contributed by atoms with E-state index in [1.807, 2.05) is 32.0 Å². The van der Waals surface area contributed by atoms with E-state index >= 15 is 0 Å². The number of aromatic hydroxyl groups is 1. The SMILES string of the molecule is CCOc1ccc(S(=O)(=O)N=Nc2c(O)[nH]c3ccc(CC)cc23)cc1. The first-order chi connectivity index (χ1) is 12.4. The maximum Gasteiger partial charge on any atom is 0.299 e. The van der Waals surface area contributed by atoms with Crippen molar-refractivity contribution in [3.8, 4) is 11.6 Å². The average molecular weight is 373 g/mol. The van der Waals surface area contributed by atoms with E-state index in [9.17, 15) is 13.5 Å². The van der Waals surface area contributed by atoms with Crippen molar-refractivity contribution >= 4 is 26.6 Å². The highest BCUT2D eigenvalue weighted by atomic mass is 32.2. The maximum atomic E-state index is 12.4. The summed E-state index contributed by atoms with van der Waals surface area (Å²) in [4.78, 5) is 2.76. The molecule has 2 N–H and O–H groups in total. The first kappa shape index (κ1) is 17.9. The lowest BCUT2D eigenvalue weighted by Gasteiger charge is -2.03. The van der Waals surface area contributed by atoms with Crippen LogP contribution in [-0.4, -0.2) is 25.1 Å². The van der Waals surface area contributed by atoms with Gasteiger partial charge in [0.1, 0.15) is 5.75 Å². The summed E-state index contributed by atoms with van der Waals surface area (Å²) in [5, 5.41) is 14.5. The number of aryl methyl sites for hydroxylation is 1. The molecule has 1 heterocycles. The van der Waals surface area contributed by atoms with Crippen LogP contribution in [0.2, 0.25) is 0 Å². The molecule has 26 heavy (non-hydrogen) atoms. The summed E-state index contributed by atoms with van der Waals surface area (Å²) < 4.78 is 33.5. The molecule has 0 aliphatic rings. The Bertz CT molecular complexity index is 1050. The second-order valence-corrected chi connectivity index (χ2v) is 7.20. The molecule has 2 aromatic carbocycles. The molecule has 0 atom stereocenters. The Morgan fingerprint density at radius 3 is 2.50 bits per heavy atom. The van der Waals surface area contributed by atoms with E-state index in [2.05, 4.69) is 14.6 Å². The van der Waals surface area contributed by atoms with Gasteiger partial charge in [0.2, 0.25) is 5.88 Å². The zero-order valence-corrected chi connectivity index (χ0v) is 15.2. The van der Waals surface area contributed by atoms with Crippen LogP contribution in [0.3, 0.4) is 0 Å². The van der Waals surface area contributed by atoms with Gasteiger partial charge in [-0.2, -0.15) is 8.42 Å². The molecule has 0 radical (unpaired) electrons. The molecule has 0 fully saturated rings. The quantitative estimate of drug-likeness (QED) is 0.628. The zero-order chi connectivity index (χ0) is 18.7. The molecule has 136 valence electrons. The number of benzene rings is 2. The number of hydrogen-bond donors (Lipinski definition) is 2. The number of nitrogens with zero attached hydrogens (tertiary/aromatic N) is 2. The van der Waals surface area contributed by atoms with Crippen LogP contribution < -0.4 is 4.74 Å². The van der Waals surface area contributed by atoms with Gasteiger partial charge in [-0.3, -0.25) is 0 Å². The van der Waals surface area contributed by atoms with Gasteiger partial charge in [0.25, 0.3) is 10.0 Å². The molecular weight excluding hydrogens is 354 g/mol. The van der Waals surface area contributed by atoms with E-state index in [4.69, 9.17) is 4.74 Å². The van der Waals surface area contributed by atoms with Gasteiger partial charge in [0.15, 0.2) is 5.69 Å². The first-order valence-corrected chi connectivity index (χ1v) is 9.63. The third kappa shape index (κ3) is 3.55. The second kappa shape index (κ2) is 7.17. The summed E-state index contributed by atoms with van der Waals surface area (Å²) in [5.74, 6) is 0.351. The summed E-state index contributed by atoms with van der Waals surface area (Å²) in [6.45, 7) is 4.34. The van der Waals surface area contributed by atoms with Gasteiger partial charge in [0, 0.05) is 5.39 Å². The fraction of sp³-hybridized carbons (Fsp3) is 0.222. The largest absolute Gasteiger partial charge is 0.494 e. The molecule has 8 heteroatoms. The minimum Gasteiger partial charge on any atom is -0.494 e. The molecule has 0 saturated carbocycles. The van der Waals surface area contributed by atoms with E-state index in [0.717, 1.165) is 12.0 Å². The minimum absolute atomic E-state index is 0.00159. The fourth-order valence-electron chi connectivity index (χ4n) is 2.55. The van der Waals surface area contributed by atoms with Crippen molar-refractivity contribution in [3.63, 3.8) is 0 Å². The third-order valence-electron chi connectivity index (χ3n) is 3.91. The highest BCUT2D eigenvalue weighted by Gasteiger charge is 2.16. The lowest BCUT2D eigenvalue weighted by molar-refractivity contribution is 0.340. The Morgan fingerprint density at radius 2 is 1.85 bits per heavy atom.